The lowest BCUT2D eigenvalue weighted by Crippen LogP contribution is -2.28. The molecule has 0 aromatic heterocycles. The highest BCUT2D eigenvalue weighted by molar-refractivity contribution is 7.92. The molecule has 1 aromatic rings. The van der Waals surface area contributed by atoms with E-state index in [2.05, 4.69) is 10.0 Å². The van der Waals surface area contributed by atoms with Crippen molar-refractivity contribution in [2.75, 3.05) is 17.0 Å². The maximum Gasteiger partial charge on any atom is 0.233 e. The van der Waals surface area contributed by atoms with Crippen molar-refractivity contribution >= 4 is 27.3 Å². The van der Waals surface area contributed by atoms with E-state index in [-0.39, 0.29) is 16.5 Å². The number of rotatable bonds is 6. The largest absolute Gasteiger partial charge is 0.313 e. The molecule has 0 radical (unpaired) electrons. The second-order valence-electron chi connectivity index (χ2n) is 4.28. The summed E-state index contributed by atoms with van der Waals surface area (Å²) in [5, 5.41) is 3.07. The van der Waals surface area contributed by atoms with Crippen LogP contribution in [0.1, 0.15) is 12.8 Å². The number of halogens is 2. The van der Waals surface area contributed by atoms with Crippen LogP contribution < -0.4 is 10.0 Å². The molecule has 1 saturated carbocycles. The highest BCUT2D eigenvalue weighted by Gasteiger charge is 2.21. The van der Waals surface area contributed by atoms with Crippen LogP contribution in [0.15, 0.2) is 18.2 Å². The third-order valence-corrected chi connectivity index (χ3v) is 4.17. The van der Waals surface area contributed by atoms with Gasteiger partial charge < -0.3 is 5.32 Å². The molecular weight excluding hydrogens is 279 g/mol. The van der Waals surface area contributed by atoms with Crippen LogP contribution in [0.3, 0.4) is 0 Å². The van der Waals surface area contributed by atoms with Crippen molar-refractivity contribution in [1.29, 1.82) is 0 Å². The maximum absolute atomic E-state index is 13.1. The molecular formula is C11H14ClFN2O2S. The first-order valence-corrected chi connectivity index (χ1v) is 7.68. The minimum atomic E-state index is -3.45. The fourth-order valence-corrected chi connectivity index (χ4v) is 2.57. The van der Waals surface area contributed by atoms with Gasteiger partial charge in [0.1, 0.15) is 5.82 Å². The quantitative estimate of drug-likeness (QED) is 0.843. The first-order valence-electron chi connectivity index (χ1n) is 5.65. The Morgan fingerprint density at radius 2 is 2.11 bits per heavy atom. The predicted octanol–water partition coefficient (Wildman–Crippen LogP) is 1.97. The molecule has 0 amide bonds. The number of sulfonamides is 1. The van der Waals surface area contributed by atoms with Gasteiger partial charge in [0.15, 0.2) is 0 Å². The first-order chi connectivity index (χ1) is 8.46. The minimum Gasteiger partial charge on any atom is -0.313 e. The SMILES string of the molecule is O=S(=O)(CCNC1CC1)Nc1ccc(Cl)c(F)c1. The highest BCUT2D eigenvalue weighted by Crippen LogP contribution is 2.20. The van der Waals surface area contributed by atoms with Gasteiger partial charge in [0, 0.05) is 12.6 Å². The smallest absolute Gasteiger partial charge is 0.233 e. The Morgan fingerprint density at radius 1 is 1.39 bits per heavy atom. The summed E-state index contributed by atoms with van der Waals surface area (Å²) < 4.78 is 38.8. The Balaban J connectivity index is 1.91. The first kappa shape index (κ1) is 13.6. The van der Waals surface area contributed by atoms with Gasteiger partial charge in [-0.2, -0.15) is 0 Å². The second-order valence-corrected chi connectivity index (χ2v) is 6.53. The average molecular weight is 293 g/mol. The van der Waals surface area contributed by atoms with Gasteiger partial charge in [-0.05, 0) is 31.0 Å². The molecule has 1 fully saturated rings. The van der Waals surface area contributed by atoms with Gasteiger partial charge in [-0.1, -0.05) is 11.6 Å². The van der Waals surface area contributed by atoms with Crippen LogP contribution in [-0.2, 0) is 10.0 Å². The van der Waals surface area contributed by atoms with Crippen molar-refractivity contribution in [3.8, 4) is 0 Å². The van der Waals surface area contributed by atoms with E-state index in [9.17, 15) is 12.8 Å². The van der Waals surface area contributed by atoms with Crippen molar-refractivity contribution in [2.24, 2.45) is 0 Å². The molecule has 2 rings (SSSR count). The van der Waals surface area contributed by atoms with Gasteiger partial charge in [-0.15, -0.1) is 0 Å². The molecule has 0 bridgehead atoms. The molecule has 4 nitrogen and oxygen atoms in total. The van der Waals surface area contributed by atoms with Crippen LogP contribution in [0, 0.1) is 5.82 Å². The fraction of sp³-hybridized carbons (Fsp3) is 0.455. The molecule has 0 saturated heterocycles. The van der Waals surface area contributed by atoms with Crippen molar-refractivity contribution in [1.82, 2.24) is 5.32 Å². The Hall–Kier alpha value is -0.850. The van der Waals surface area contributed by atoms with Crippen LogP contribution >= 0.6 is 11.6 Å². The van der Waals surface area contributed by atoms with Crippen molar-refractivity contribution < 1.29 is 12.8 Å². The van der Waals surface area contributed by atoms with Gasteiger partial charge in [-0.25, -0.2) is 12.8 Å². The lowest BCUT2D eigenvalue weighted by atomic mass is 10.3. The monoisotopic (exact) mass is 292 g/mol. The van der Waals surface area contributed by atoms with Gasteiger partial charge in [0.2, 0.25) is 10.0 Å². The van der Waals surface area contributed by atoms with Gasteiger partial charge in [0.05, 0.1) is 16.5 Å². The lowest BCUT2D eigenvalue weighted by Gasteiger charge is -2.08. The summed E-state index contributed by atoms with van der Waals surface area (Å²) in [5.74, 6) is -0.679. The van der Waals surface area contributed by atoms with E-state index in [0.29, 0.717) is 12.6 Å². The molecule has 1 aliphatic rings. The summed E-state index contributed by atoms with van der Waals surface area (Å²) in [7, 11) is -3.45. The molecule has 0 unspecified atom stereocenters. The zero-order valence-electron chi connectivity index (χ0n) is 9.62. The summed E-state index contributed by atoms with van der Waals surface area (Å²) in [6.45, 7) is 0.399. The van der Waals surface area contributed by atoms with Gasteiger partial charge in [-0.3, -0.25) is 4.72 Å². The molecule has 1 aromatic carbocycles. The van der Waals surface area contributed by atoms with E-state index in [1.54, 1.807) is 0 Å². The molecule has 0 spiro atoms. The number of anilines is 1. The third kappa shape index (κ3) is 4.12. The van der Waals surface area contributed by atoms with E-state index < -0.39 is 15.8 Å². The van der Waals surface area contributed by atoms with E-state index in [1.807, 2.05) is 0 Å². The standard InChI is InChI=1S/C11H14ClFN2O2S/c12-10-4-3-9(7-11(10)13)15-18(16,17)6-5-14-8-1-2-8/h3-4,7-8,14-15H,1-2,5-6H2. The Kier molecular flexibility index (Phi) is 4.09. The van der Waals surface area contributed by atoms with Crippen molar-refractivity contribution in [3.05, 3.63) is 29.0 Å². The summed E-state index contributed by atoms with van der Waals surface area (Å²) in [5.41, 5.74) is 0.184. The molecule has 0 atom stereocenters. The van der Waals surface area contributed by atoms with Crippen molar-refractivity contribution in [2.45, 2.75) is 18.9 Å². The van der Waals surface area contributed by atoms with E-state index in [0.717, 1.165) is 18.9 Å². The van der Waals surface area contributed by atoms with Crippen LogP contribution in [0.2, 0.25) is 5.02 Å². The molecule has 100 valence electrons. The molecule has 18 heavy (non-hydrogen) atoms. The Labute approximate surface area is 111 Å². The number of nitrogens with one attached hydrogen (secondary N) is 2. The van der Waals surface area contributed by atoms with Gasteiger partial charge in [0.25, 0.3) is 0 Å². The fourth-order valence-electron chi connectivity index (χ4n) is 1.48. The molecule has 7 heteroatoms. The highest BCUT2D eigenvalue weighted by atomic mass is 35.5. The normalized spacial score (nSPS) is 15.7. The summed E-state index contributed by atoms with van der Waals surface area (Å²) in [6.07, 6.45) is 2.21. The molecule has 1 aliphatic carbocycles. The van der Waals surface area contributed by atoms with E-state index in [4.69, 9.17) is 11.6 Å². The predicted molar refractivity (Wildman–Crippen MR) is 69.8 cm³/mol. The summed E-state index contributed by atoms with van der Waals surface area (Å²) >= 11 is 5.52. The number of benzene rings is 1. The maximum atomic E-state index is 13.1. The zero-order valence-corrected chi connectivity index (χ0v) is 11.2. The topological polar surface area (TPSA) is 58.2 Å². The lowest BCUT2D eigenvalue weighted by molar-refractivity contribution is 0.595. The van der Waals surface area contributed by atoms with Crippen LogP contribution in [0.5, 0.6) is 0 Å². The Bertz CT molecular complexity index is 532. The van der Waals surface area contributed by atoms with Crippen molar-refractivity contribution in [3.63, 3.8) is 0 Å². The zero-order chi connectivity index (χ0) is 13.2. The van der Waals surface area contributed by atoms with Gasteiger partial charge >= 0.3 is 0 Å². The molecule has 0 aliphatic heterocycles. The van der Waals surface area contributed by atoms with Crippen LogP contribution in [0.25, 0.3) is 0 Å². The Morgan fingerprint density at radius 3 is 2.72 bits per heavy atom. The second kappa shape index (κ2) is 5.42. The average Bonchev–Trinajstić information content (AvgIpc) is 3.07. The summed E-state index contributed by atoms with van der Waals surface area (Å²) in [4.78, 5) is 0. The van der Waals surface area contributed by atoms with E-state index in [1.165, 1.54) is 12.1 Å². The minimum absolute atomic E-state index is 0.0339. The molecule has 2 N–H and O–H groups in total. The molecule has 0 heterocycles. The van der Waals surface area contributed by atoms with E-state index >= 15 is 0 Å². The summed E-state index contributed by atoms with van der Waals surface area (Å²) in [6, 6.07) is 4.27. The third-order valence-electron chi connectivity index (χ3n) is 2.57. The number of hydrogen-bond acceptors (Lipinski definition) is 3. The van der Waals surface area contributed by atoms with Crippen LogP contribution in [0.4, 0.5) is 10.1 Å². The van der Waals surface area contributed by atoms with Crippen LogP contribution in [-0.4, -0.2) is 26.8 Å². The number of hydrogen-bond donors (Lipinski definition) is 2.